The summed E-state index contributed by atoms with van der Waals surface area (Å²) in [6.45, 7) is 4.41. The Kier molecular flexibility index (Phi) is 5.57. The van der Waals surface area contributed by atoms with E-state index in [2.05, 4.69) is 10.3 Å². The van der Waals surface area contributed by atoms with Crippen LogP contribution in [0.5, 0.6) is 5.75 Å². The fraction of sp³-hybridized carbons (Fsp3) is 0.238. The van der Waals surface area contributed by atoms with Gasteiger partial charge in [0.15, 0.2) is 0 Å². The summed E-state index contributed by atoms with van der Waals surface area (Å²) in [5, 5.41) is 12.8. The molecular formula is C21H23N3O3. The zero-order valence-electron chi connectivity index (χ0n) is 15.7. The van der Waals surface area contributed by atoms with Gasteiger partial charge in [0, 0.05) is 5.69 Å². The second-order valence-corrected chi connectivity index (χ2v) is 6.43. The summed E-state index contributed by atoms with van der Waals surface area (Å²) in [6, 6.07) is 13.8. The Morgan fingerprint density at radius 3 is 2.56 bits per heavy atom. The molecule has 0 fully saturated rings. The van der Waals surface area contributed by atoms with Crippen LogP contribution in [-0.2, 0) is 13.2 Å². The minimum absolute atomic E-state index is 0.0480. The molecule has 140 valence electrons. The molecule has 1 aromatic heterocycles. The van der Waals surface area contributed by atoms with E-state index in [4.69, 9.17) is 4.74 Å². The molecule has 1 heterocycles. The lowest BCUT2D eigenvalue weighted by Crippen LogP contribution is -2.19. The van der Waals surface area contributed by atoms with Crippen LogP contribution in [0, 0.1) is 13.8 Å². The summed E-state index contributed by atoms with van der Waals surface area (Å²) < 4.78 is 6.99. The third-order valence-electron chi connectivity index (χ3n) is 4.48. The molecule has 3 aromatic rings. The van der Waals surface area contributed by atoms with E-state index < -0.39 is 5.56 Å². The van der Waals surface area contributed by atoms with Gasteiger partial charge in [-0.1, -0.05) is 36.4 Å². The van der Waals surface area contributed by atoms with Crippen molar-refractivity contribution >= 4 is 11.6 Å². The van der Waals surface area contributed by atoms with Gasteiger partial charge in [0.25, 0.3) is 0 Å². The highest BCUT2D eigenvalue weighted by Gasteiger charge is 2.12. The number of methoxy groups -OCH3 is 1. The summed E-state index contributed by atoms with van der Waals surface area (Å²) in [6.07, 6.45) is 1.65. The van der Waals surface area contributed by atoms with Gasteiger partial charge in [-0.15, -0.1) is 0 Å². The van der Waals surface area contributed by atoms with Crippen LogP contribution >= 0.6 is 0 Å². The van der Waals surface area contributed by atoms with Crippen LogP contribution in [0.15, 0.2) is 53.5 Å². The van der Waals surface area contributed by atoms with Crippen molar-refractivity contribution < 1.29 is 9.84 Å². The number of hydrogen-bond donors (Lipinski definition) is 2. The Bertz CT molecular complexity index is 998. The van der Waals surface area contributed by atoms with Gasteiger partial charge in [-0.25, -0.2) is 0 Å². The smallest absolute Gasteiger partial charge is 0.316 e. The number of aliphatic hydroxyl groups is 1. The molecule has 6 nitrogen and oxygen atoms in total. The van der Waals surface area contributed by atoms with Gasteiger partial charge >= 0.3 is 5.56 Å². The molecule has 0 atom stereocenters. The van der Waals surface area contributed by atoms with E-state index in [0.717, 1.165) is 27.9 Å². The lowest BCUT2D eigenvalue weighted by atomic mass is 10.0. The fourth-order valence-electron chi connectivity index (χ4n) is 2.94. The Morgan fingerprint density at radius 2 is 1.89 bits per heavy atom. The molecule has 2 aromatic carbocycles. The second kappa shape index (κ2) is 8.05. The minimum Gasteiger partial charge on any atom is -0.490 e. The molecule has 3 rings (SSSR count). The first-order valence-electron chi connectivity index (χ1n) is 8.69. The van der Waals surface area contributed by atoms with Crippen LogP contribution in [0.1, 0.15) is 22.3 Å². The van der Waals surface area contributed by atoms with Gasteiger partial charge in [0.1, 0.15) is 0 Å². The van der Waals surface area contributed by atoms with E-state index in [-0.39, 0.29) is 12.4 Å². The first-order chi connectivity index (χ1) is 13.0. The molecule has 27 heavy (non-hydrogen) atoms. The largest absolute Gasteiger partial charge is 0.490 e. The number of nitrogens with one attached hydrogen (secondary N) is 1. The van der Waals surface area contributed by atoms with Crippen molar-refractivity contribution in [2.75, 3.05) is 12.4 Å². The van der Waals surface area contributed by atoms with E-state index in [0.29, 0.717) is 12.5 Å². The first kappa shape index (κ1) is 18.7. The van der Waals surface area contributed by atoms with Gasteiger partial charge in [-0.05, 0) is 42.2 Å². The van der Waals surface area contributed by atoms with E-state index in [1.54, 1.807) is 6.20 Å². The molecule has 0 saturated heterocycles. The molecule has 0 bridgehead atoms. The predicted molar refractivity (Wildman–Crippen MR) is 106 cm³/mol. The second-order valence-electron chi connectivity index (χ2n) is 6.43. The highest BCUT2D eigenvalue weighted by Crippen LogP contribution is 2.24. The van der Waals surface area contributed by atoms with E-state index in [1.165, 1.54) is 7.11 Å². The molecule has 0 saturated carbocycles. The van der Waals surface area contributed by atoms with Crippen molar-refractivity contribution in [3.63, 3.8) is 0 Å². The van der Waals surface area contributed by atoms with E-state index in [9.17, 15) is 9.90 Å². The van der Waals surface area contributed by atoms with Crippen molar-refractivity contribution in [2.45, 2.75) is 27.0 Å². The molecular weight excluding hydrogens is 342 g/mol. The number of ether oxygens (including phenoxy) is 1. The average molecular weight is 365 g/mol. The molecule has 0 spiro atoms. The normalized spacial score (nSPS) is 10.7. The van der Waals surface area contributed by atoms with Gasteiger partial charge in [0.05, 0.1) is 26.5 Å². The number of nitrogens with zero attached hydrogens (tertiary/aromatic N) is 2. The molecule has 0 aliphatic heterocycles. The maximum atomic E-state index is 12.2. The standard InChI is InChI=1S/C21H23N3O3/c1-14-9-15(2)18(10-17(14)13-25)22-21-23-20(26)19(27-3)12-24(21)11-16-7-5-4-6-8-16/h4-10,12,25H,11,13H2,1-3H3,(H,22,23,26). The van der Waals surface area contributed by atoms with Crippen LogP contribution in [0.2, 0.25) is 0 Å². The molecule has 6 heteroatoms. The maximum absolute atomic E-state index is 12.2. The van der Waals surface area contributed by atoms with Crippen LogP contribution < -0.4 is 15.6 Å². The summed E-state index contributed by atoms with van der Waals surface area (Å²) in [7, 11) is 1.45. The SMILES string of the molecule is COc1cn(Cc2ccccc2)c(Nc2cc(CO)c(C)cc2C)nc1=O. The summed E-state index contributed by atoms with van der Waals surface area (Å²) in [5.41, 5.74) is 4.28. The summed E-state index contributed by atoms with van der Waals surface area (Å²) in [5.74, 6) is 0.605. The van der Waals surface area contributed by atoms with E-state index >= 15 is 0 Å². The van der Waals surface area contributed by atoms with Crippen molar-refractivity contribution in [3.8, 4) is 5.75 Å². The Hall–Kier alpha value is -3.12. The van der Waals surface area contributed by atoms with Crippen molar-refractivity contribution in [3.05, 3.63) is 81.3 Å². The highest BCUT2D eigenvalue weighted by molar-refractivity contribution is 5.61. The predicted octanol–water partition coefficient (Wildman–Crippen LogP) is 3.15. The van der Waals surface area contributed by atoms with Crippen molar-refractivity contribution in [1.29, 1.82) is 0 Å². The lowest BCUT2D eigenvalue weighted by molar-refractivity contribution is 0.281. The zero-order valence-corrected chi connectivity index (χ0v) is 15.7. The number of benzene rings is 2. The monoisotopic (exact) mass is 365 g/mol. The molecule has 0 amide bonds. The van der Waals surface area contributed by atoms with E-state index in [1.807, 2.05) is 60.9 Å². The van der Waals surface area contributed by atoms with Crippen LogP contribution in [-0.4, -0.2) is 21.8 Å². The fourth-order valence-corrected chi connectivity index (χ4v) is 2.94. The molecule has 2 N–H and O–H groups in total. The lowest BCUT2D eigenvalue weighted by Gasteiger charge is -2.17. The third kappa shape index (κ3) is 4.17. The van der Waals surface area contributed by atoms with Gasteiger partial charge < -0.3 is 19.7 Å². The van der Waals surface area contributed by atoms with Gasteiger partial charge in [-0.2, -0.15) is 4.98 Å². The molecule has 0 radical (unpaired) electrons. The van der Waals surface area contributed by atoms with Crippen LogP contribution in [0.4, 0.5) is 11.6 Å². The van der Waals surface area contributed by atoms with Crippen LogP contribution in [0.25, 0.3) is 0 Å². The highest BCUT2D eigenvalue weighted by atomic mass is 16.5. The molecule has 0 aliphatic rings. The minimum atomic E-state index is -0.434. The number of rotatable bonds is 6. The Balaban J connectivity index is 2.04. The first-order valence-corrected chi connectivity index (χ1v) is 8.69. The third-order valence-corrected chi connectivity index (χ3v) is 4.48. The summed E-state index contributed by atoms with van der Waals surface area (Å²) in [4.78, 5) is 16.4. The number of anilines is 2. The molecule has 0 unspecified atom stereocenters. The number of hydrogen-bond acceptors (Lipinski definition) is 5. The number of aromatic nitrogens is 2. The van der Waals surface area contributed by atoms with Gasteiger partial charge in [-0.3, -0.25) is 4.79 Å². The Morgan fingerprint density at radius 1 is 1.15 bits per heavy atom. The zero-order chi connectivity index (χ0) is 19.4. The topological polar surface area (TPSA) is 76.4 Å². The van der Waals surface area contributed by atoms with Crippen LogP contribution in [0.3, 0.4) is 0 Å². The number of aliphatic hydroxyl groups excluding tert-OH is 1. The number of aryl methyl sites for hydroxylation is 2. The maximum Gasteiger partial charge on any atom is 0.316 e. The summed E-state index contributed by atoms with van der Waals surface area (Å²) >= 11 is 0. The van der Waals surface area contributed by atoms with Gasteiger partial charge in [0.2, 0.25) is 11.7 Å². The Labute approximate surface area is 158 Å². The average Bonchev–Trinajstić information content (AvgIpc) is 2.66. The van der Waals surface area contributed by atoms with Crippen molar-refractivity contribution in [1.82, 2.24) is 9.55 Å². The quantitative estimate of drug-likeness (QED) is 0.702. The molecule has 0 aliphatic carbocycles. The van der Waals surface area contributed by atoms with Crippen molar-refractivity contribution in [2.24, 2.45) is 0 Å².